The lowest BCUT2D eigenvalue weighted by atomic mass is 9.72. The molecule has 1 atom stereocenters. The quantitative estimate of drug-likeness (QED) is 0.341. The molecule has 0 aromatic heterocycles. The monoisotopic (exact) mass is 374 g/mol. The summed E-state index contributed by atoms with van der Waals surface area (Å²) in [6.45, 7) is 23.4. The highest BCUT2D eigenvalue weighted by molar-refractivity contribution is 6.81. The van der Waals surface area contributed by atoms with Gasteiger partial charge in [-0.2, -0.15) is 0 Å². The van der Waals surface area contributed by atoms with Gasteiger partial charge in [0, 0.05) is 6.42 Å². The van der Waals surface area contributed by atoms with E-state index < -0.39 is 8.07 Å². The molecule has 148 valence electrons. The number of hydrogen-bond donors (Lipinski definition) is 0. The van der Waals surface area contributed by atoms with Crippen LogP contribution in [0.2, 0.25) is 23.7 Å². The molecule has 0 saturated heterocycles. The predicted molar refractivity (Wildman–Crippen MR) is 119 cm³/mol. The average molecular weight is 375 g/mol. The summed E-state index contributed by atoms with van der Waals surface area (Å²) >= 11 is 0. The Morgan fingerprint density at radius 1 is 1.27 bits per heavy atom. The molecular formula is C24H42OSi. The van der Waals surface area contributed by atoms with Gasteiger partial charge >= 0.3 is 0 Å². The van der Waals surface area contributed by atoms with Gasteiger partial charge in [0.1, 0.15) is 0 Å². The fourth-order valence-electron chi connectivity index (χ4n) is 3.70. The Morgan fingerprint density at radius 3 is 2.38 bits per heavy atom. The second-order valence-electron chi connectivity index (χ2n) is 10.6. The lowest BCUT2D eigenvalue weighted by Gasteiger charge is -2.42. The molecule has 26 heavy (non-hydrogen) atoms. The molecule has 1 aliphatic carbocycles. The third-order valence-electron chi connectivity index (χ3n) is 7.27. The molecule has 0 fully saturated rings. The minimum Gasteiger partial charge on any atom is -0.295 e. The van der Waals surface area contributed by atoms with Crippen molar-refractivity contribution in [2.45, 2.75) is 105 Å². The van der Waals surface area contributed by atoms with Gasteiger partial charge in [-0.15, -0.1) is 0 Å². The Hall–Kier alpha value is -0.893. The van der Waals surface area contributed by atoms with Crippen molar-refractivity contribution in [1.29, 1.82) is 0 Å². The Morgan fingerprint density at radius 2 is 1.85 bits per heavy atom. The molecule has 0 aliphatic heterocycles. The molecule has 0 aromatic carbocycles. The molecule has 0 saturated carbocycles. The zero-order valence-corrected chi connectivity index (χ0v) is 20.0. The number of ketones is 1. The third kappa shape index (κ3) is 5.55. The van der Waals surface area contributed by atoms with Crippen LogP contribution in [-0.4, -0.2) is 13.9 Å². The van der Waals surface area contributed by atoms with Crippen molar-refractivity contribution < 1.29 is 4.79 Å². The molecule has 1 aliphatic rings. The first kappa shape index (κ1) is 23.1. The van der Waals surface area contributed by atoms with Gasteiger partial charge < -0.3 is 0 Å². The maximum Gasteiger partial charge on any atom is 0.158 e. The Balaban J connectivity index is 2.76. The van der Waals surface area contributed by atoms with Crippen molar-refractivity contribution in [2.24, 2.45) is 5.41 Å². The van der Waals surface area contributed by atoms with Crippen LogP contribution in [-0.2, 0) is 4.79 Å². The molecule has 0 radical (unpaired) electrons. The van der Waals surface area contributed by atoms with E-state index in [1.165, 1.54) is 17.6 Å². The van der Waals surface area contributed by atoms with Gasteiger partial charge in [-0.05, 0) is 60.3 Å². The molecule has 1 unspecified atom stereocenters. The molecule has 0 bridgehead atoms. The smallest absolute Gasteiger partial charge is 0.158 e. The largest absolute Gasteiger partial charge is 0.295 e. The van der Waals surface area contributed by atoms with E-state index in [4.69, 9.17) is 0 Å². The Kier molecular flexibility index (Phi) is 7.49. The molecule has 0 amide bonds. The SMILES string of the molecule is CC1=C(/C=C/C(C)=C/CCC(C)[Si](C)(C)C(C)(C)C)C(C)(C)CCC1=O. The topological polar surface area (TPSA) is 17.1 Å². The highest BCUT2D eigenvalue weighted by Crippen LogP contribution is 2.45. The molecule has 0 spiro atoms. The average Bonchev–Trinajstić information content (AvgIpc) is 2.49. The van der Waals surface area contributed by atoms with E-state index in [9.17, 15) is 4.79 Å². The number of Topliss-reactive ketones (excluding diaryl/α,β-unsaturated/α-hetero) is 1. The van der Waals surface area contributed by atoms with E-state index >= 15 is 0 Å². The van der Waals surface area contributed by atoms with Crippen LogP contribution in [0.25, 0.3) is 0 Å². The molecule has 0 aromatic rings. The second-order valence-corrected chi connectivity index (χ2v) is 16.5. The summed E-state index contributed by atoms with van der Waals surface area (Å²) in [5.74, 6) is 0.314. The van der Waals surface area contributed by atoms with Crippen LogP contribution in [0.5, 0.6) is 0 Å². The highest BCUT2D eigenvalue weighted by Gasteiger charge is 2.39. The van der Waals surface area contributed by atoms with Gasteiger partial charge in [-0.3, -0.25) is 4.79 Å². The fourth-order valence-corrected chi connectivity index (χ4v) is 6.07. The molecule has 0 heterocycles. The van der Waals surface area contributed by atoms with Crippen LogP contribution in [0.3, 0.4) is 0 Å². The van der Waals surface area contributed by atoms with Crippen LogP contribution in [0.1, 0.15) is 81.1 Å². The summed E-state index contributed by atoms with van der Waals surface area (Å²) in [4.78, 5) is 12.1. The number of rotatable bonds is 6. The van der Waals surface area contributed by atoms with Crippen molar-refractivity contribution in [1.82, 2.24) is 0 Å². The lowest BCUT2D eigenvalue weighted by molar-refractivity contribution is -0.116. The summed E-state index contributed by atoms with van der Waals surface area (Å²) in [7, 11) is -1.25. The number of carbonyl (C=O) groups excluding carboxylic acids is 1. The van der Waals surface area contributed by atoms with E-state index in [1.807, 2.05) is 6.92 Å². The minimum atomic E-state index is -1.25. The van der Waals surface area contributed by atoms with Gasteiger partial charge in [0.05, 0.1) is 8.07 Å². The predicted octanol–water partition coefficient (Wildman–Crippen LogP) is 7.87. The zero-order valence-electron chi connectivity index (χ0n) is 19.0. The lowest BCUT2D eigenvalue weighted by Crippen LogP contribution is -2.41. The number of hydrogen-bond acceptors (Lipinski definition) is 1. The van der Waals surface area contributed by atoms with E-state index in [2.05, 4.69) is 79.8 Å². The maximum atomic E-state index is 12.1. The number of carbonyl (C=O) groups is 1. The van der Waals surface area contributed by atoms with Gasteiger partial charge in [0.25, 0.3) is 0 Å². The first-order valence-electron chi connectivity index (χ1n) is 10.3. The van der Waals surface area contributed by atoms with Gasteiger partial charge in [0.15, 0.2) is 5.78 Å². The first-order chi connectivity index (χ1) is 11.7. The van der Waals surface area contributed by atoms with Gasteiger partial charge in [-0.25, -0.2) is 0 Å². The normalized spacial score (nSPS) is 20.8. The van der Waals surface area contributed by atoms with E-state index in [0.29, 0.717) is 17.2 Å². The Bertz CT molecular complexity index is 609. The van der Waals surface area contributed by atoms with Crippen molar-refractivity contribution in [3.63, 3.8) is 0 Å². The molecule has 1 nitrogen and oxygen atoms in total. The van der Waals surface area contributed by atoms with E-state index in [-0.39, 0.29) is 5.41 Å². The van der Waals surface area contributed by atoms with Crippen molar-refractivity contribution >= 4 is 13.9 Å². The van der Waals surface area contributed by atoms with Crippen LogP contribution in [0.15, 0.2) is 34.9 Å². The molecule has 0 N–H and O–H groups in total. The van der Waals surface area contributed by atoms with Gasteiger partial charge in [-0.1, -0.05) is 78.4 Å². The van der Waals surface area contributed by atoms with Crippen molar-refractivity contribution in [3.8, 4) is 0 Å². The maximum absolute atomic E-state index is 12.1. The summed E-state index contributed by atoms with van der Waals surface area (Å²) in [5, 5.41) is 0.453. The van der Waals surface area contributed by atoms with Crippen molar-refractivity contribution in [3.05, 3.63) is 34.9 Å². The summed E-state index contributed by atoms with van der Waals surface area (Å²) in [6, 6.07) is 0. The van der Waals surface area contributed by atoms with Crippen molar-refractivity contribution in [2.75, 3.05) is 0 Å². The summed E-state index contributed by atoms with van der Waals surface area (Å²) in [5.41, 5.74) is 4.40. The van der Waals surface area contributed by atoms with Crippen LogP contribution < -0.4 is 0 Å². The first-order valence-corrected chi connectivity index (χ1v) is 13.4. The van der Waals surface area contributed by atoms with Gasteiger partial charge in [0.2, 0.25) is 0 Å². The van der Waals surface area contributed by atoms with E-state index in [0.717, 1.165) is 24.0 Å². The molecule has 1 rings (SSSR count). The molecule has 2 heteroatoms. The third-order valence-corrected chi connectivity index (χ3v) is 13.9. The van der Waals surface area contributed by atoms with E-state index in [1.54, 1.807) is 0 Å². The Labute approximate surface area is 164 Å². The molecular weight excluding hydrogens is 332 g/mol. The fraction of sp³-hybridized carbons (Fsp3) is 0.708. The summed E-state index contributed by atoms with van der Waals surface area (Å²) < 4.78 is 0. The second kappa shape index (κ2) is 8.42. The van der Waals surface area contributed by atoms with Crippen LogP contribution in [0.4, 0.5) is 0 Å². The number of allylic oxidation sites excluding steroid dienone is 6. The highest BCUT2D eigenvalue weighted by atomic mass is 28.3. The minimum absolute atomic E-state index is 0.103. The van der Waals surface area contributed by atoms with Crippen LogP contribution >= 0.6 is 0 Å². The summed E-state index contributed by atoms with van der Waals surface area (Å²) in [6.07, 6.45) is 10.8. The standard InChI is InChI=1S/C24H42OSi/c1-18(12-11-13-19(2)26(9,10)23(4,5)6)14-15-21-20(3)22(25)16-17-24(21,7)8/h12,14-15,19H,11,13,16-17H2,1-10H3/b15-14+,18-12+. The van der Waals surface area contributed by atoms with Crippen LogP contribution in [0, 0.1) is 5.41 Å². The zero-order chi connectivity index (χ0) is 20.3.